The van der Waals surface area contributed by atoms with Gasteiger partial charge in [0.1, 0.15) is 5.00 Å². The fourth-order valence-corrected chi connectivity index (χ4v) is 3.32. The Bertz CT molecular complexity index is 627. The molecule has 2 rings (SSSR count). The standard InChI is InChI=1S/C8H7BrN4O2S2/c9-6-3-5(1-2-7(6)10)17(14,15)12-8-4-11-13-16-8/h1-4,12H,10H2. The number of nitrogens with zero attached hydrogens (tertiary/aromatic N) is 2. The Hall–Kier alpha value is -1.19. The third kappa shape index (κ3) is 2.73. The number of hydrogen-bond acceptors (Lipinski definition) is 6. The van der Waals surface area contributed by atoms with Gasteiger partial charge in [-0.15, -0.1) is 5.10 Å². The highest BCUT2D eigenvalue weighted by Crippen LogP contribution is 2.24. The van der Waals surface area contributed by atoms with Gasteiger partial charge >= 0.3 is 0 Å². The van der Waals surface area contributed by atoms with Crippen LogP contribution < -0.4 is 10.5 Å². The van der Waals surface area contributed by atoms with Crippen LogP contribution in [-0.2, 0) is 10.0 Å². The third-order valence-corrected chi connectivity index (χ3v) is 4.64. The number of aromatic nitrogens is 2. The van der Waals surface area contributed by atoms with Gasteiger partial charge in [-0.2, -0.15) is 0 Å². The number of benzene rings is 1. The van der Waals surface area contributed by atoms with Crippen LogP contribution in [0.25, 0.3) is 0 Å². The van der Waals surface area contributed by atoms with Crippen LogP contribution in [0.5, 0.6) is 0 Å². The molecular formula is C8H7BrN4O2S2. The highest BCUT2D eigenvalue weighted by atomic mass is 79.9. The fourth-order valence-electron chi connectivity index (χ4n) is 1.08. The van der Waals surface area contributed by atoms with Crippen molar-refractivity contribution in [2.75, 3.05) is 10.5 Å². The highest BCUT2D eigenvalue weighted by Gasteiger charge is 2.16. The largest absolute Gasteiger partial charge is 0.398 e. The molecule has 0 bridgehead atoms. The van der Waals surface area contributed by atoms with Gasteiger partial charge in [0.05, 0.1) is 11.1 Å². The average Bonchev–Trinajstić information content (AvgIpc) is 2.73. The molecule has 0 unspecified atom stereocenters. The number of nitrogens with one attached hydrogen (secondary N) is 1. The zero-order valence-electron chi connectivity index (χ0n) is 8.29. The summed E-state index contributed by atoms with van der Waals surface area (Å²) in [5, 5.41) is 3.90. The van der Waals surface area contributed by atoms with Crippen molar-refractivity contribution in [2.45, 2.75) is 4.90 Å². The number of nitrogen functional groups attached to an aromatic ring is 1. The van der Waals surface area contributed by atoms with E-state index in [1.807, 2.05) is 0 Å². The topological polar surface area (TPSA) is 98.0 Å². The number of hydrogen-bond donors (Lipinski definition) is 2. The molecule has 0 radical (unpaired) electrons. The zero-order valence-corrected chi connectivity index (χ0v) is 11.5. The lowest BCUT2D eigenvalue weighted by molar-refractivity contribution is 0.601. The molecule has 90 valence electrons. The van der Waals surface area contributed by atoms with Crippen LogP contribution in [-0.4, -0.2) is 18.0 Å². The summed E-state index contributed by atoms with van der Waals surface area (Å²) in [6, 6.07) is 4.38. The predicted molar refractivity (Wildman–Crippen MR) is 69.3 cm³/mol. The minimum atomic E-state index is -3.63. The second kappa shape index (κ2) is 4.59. The molecule has 0 aliphatic rings. The van der Waals surface area contributed by atoms with Crippen LogP contribution in [0.3, 0.4) is 0 Å². The molecule has 0 aliphatic heterocycles. The molecule has 1 heterocycles. The van der Waals surface area contributed by atoms with Crippen molar-refractivity contribution in [1.82, 2.24) is 9.59 Å². The van der Waals surface area contributed by atoms with E-state index in [4.69, 9.17) is 5.73 Å². The van der Waals surface area contributed by atoms with Crippen molar-refractivity contribution in [1.29, 1.82) is 0 Å². The molecule has 1 aromatic carbocycles. The first-order chi connectivity index (χ1) is 7.99. The molecule has 2 aromatic rings. The van der Waals surface area contributed by atoms with Crippen molar-refractivity contribution in [3.8, 4) is 0 Å². The van der Waals surface area contributed by atoms with Crippen molar-refractivity contribution >= 4 is 48.2 Å². The zero-order chi connectivity index (χ0) is 12.5. The molecule has 0 spiro atoms. The van der Waals surface area contributed by atoms with Gasteiger partial charge in [0.2, 0.25) is 0 Å². The molecule has 17 heavy (non-hydrogen) atoms. The van der Waals surface area contributed by atoms with Crippen LogP contribution in [0.2, 0.25) is 0 Å². The monoisotopic (exact) mass is 334 g/mol. The minimum Gasteiger partial charge on any atom is -0.398 e. The Morgan fingerprint density at radius 1 is 1.41 bits per heavy atom. The lowest BCUT2D eigenvalue weighted by atomic mass is 10.3. The summed E-state index contributed by atoms with van der Waals surface area (Å²) in [5.41, 5.74) is 6.06. The fraction of sp³-hybridized carbons (Fsp3) is 0. The first kappa shape index (κ1) is 12.3. The quantitative estimate of drug-likeness (QED) is 0.832. The second-order valence-corrected chi connectivity index (χ2v) is 6.39. The van der Waals surface area contributed by atoms with E-state index in [9.17, 15) is 8.42 Å². The second-order valence-electron chi connectivity index (χ2n) is 3.07. The molecule has 9 heteroatoms. The van der Waals surface area contributed by atoms with E-state index in [0.717, 1.165) is 11.5 Å². The lowest BCUT2D eigenvalue weighted by Crippen LogP contribution is -2.12. The van der Waals surface area contributed by atoms with E-state index in [1.54, 1.807) is 0 Å². The van der Waals surface area contributed by atoms with E-state index in [-0.39, 0.29) is 4.90 Å². The van der Waals surface area contributed by atoms with Gasteiger partial charge in [0.15, 0.2) is 0 Å². The van der Waals surface area contributed by atoms with Crippen molar-refractivity contribution in [3.63, 3.8) is 0 Å². The molecule has 0 saturated heterocycles. The summed E-state index contributed by atoms with van der Waals surface area (Å²) in [6.07, 6.45) is 1.34. The van der Waals surface area contributed by atoms with Crippen LogP contribution in [0, 0.1) is 0 Å². The Morgan fingerprint density at radius 2 is 2.18 bits per heavy atom. The molecule has 6 nitrogen and oxygen atoms in total. The van der Waals surface area contributed by atoms with E-state index in [1.165, 1.54) is 24.4 Å². The molecule has 0 atom stereocenters. The van der Waals surface area contributed by atoms with Crippen molar-refractivity contribution < 1.29 is 8.42 Å². The smallest absolute Gasteiger partial charge is 0.262 e. The van der Waals surface area contributed by atoms with Crippen LogP contribution in [0.15, 0.2) is 33.8 Å². The van der Waals surface area contributed by atoms with Gasteiger partial charge < -0.3 is 5.73 Å². The summed E-state index contributed by atoms with van der Waals surface area (Å²) in [4.78, 5) is 0.118. The maximum Gasteiger partial charge on any atom is 0.262 e. The summed E-state index contributed by atoms with van der Waals surface area (Å²) < 4.78 is 30.3. The molecule has 0 aliphatic carbocycles. The van der Waals surface area contributed by atoms with E-state index in [2.05, 4.69) is 30.2 Å². The van der Waals surface area contributed by atoms with Gasteiger partial charge in [0.25, 0.3) is 10.0 Å². The average molecular weight is 335 g/mol. The number of anilines is 2. The predicted octanol–water partition coefficient (Wildman–Crippen LogP) is 1.68. The first-order valence-corrected chi connectivity index (χ1v) is 7.39. The summed E-state index contributed by atoms with van der Waals surface area (Å²) in [7, 11) is -3.63. The van der Waals surface area contributed by atoms with Crippen LogP contribution >= 0.6 is 27.5 Å². The van der Waals surface area contributed by atoms with Crippen LogP contribution in [0.4, 0.5) is 10.7 Å². The minimum absolute atomic E-state index is 0.118. The number of halogens is 1. The van der Waals surface area contributed by atoms with E-state index < -0.39 is 10.0 Å². The molecule has 0 amide bonds. The van der Waals surface area contributed by atoms with Gasteiger partial charge in [0, 0.05) is 21.7 Å². The number of rotatable bonds is 3. The lowest BCUT2D eigenvalue weighted by Gasteiger charge is -2.06. The maximum atomic E-state index is 11.9. The molecule has 1 aromatic heterocycles. The van der Waals surface area contributed by atoms with E-state index >= 15 is 0 Å². The SMILES string of the molecule is Nc1ccc(S(=O)(=O)Nc2cnns2)cc1Br. The molecule has 3 N–H and O–H groups in total. The molecular weight excluding hydrogens is 328 g/mol. The molecule has 0 fully saturated rings. The number of sulfonamides is 1. The van der Waals surface area contributed by atoms with Gasteiger partial charge in [-0.05, 0) is 34.1 Å². The van der Waals surface area contributed by atoms with Crippen LogP contribution in [0.1, 0.15) is 0 Å². The van der Waals surface area contributed by atoms with Crippen molar-refractivity contribution in [3.05, 3.63) is 28.9 Å². The Morgan fingerprint density at radius 3 is 2.76 bits per heavy atom. The summed E-state index contributed by atoms with van der Waals surface area (Å²) >= 11 is 4.14. The Labute approximate surface area is 110 Å². The van der Waals surface area contributed by atoms with Gasteiger partial charge in [-0.3, -0.25) is 4.72 Å². The maximum absolute atomic E-state index is 11.9. The third-order valence-electron chi connectivity index (χ3n) is 1.88. The van der Waals surface area contributed by atoms with Gasteiger partial charge in [-0.1, -0.05) is 4.49 Å². The summed E-state index contributed by atoms with van der Waals surface area (Å²) in [6.45, 7) is 0. The summed E-state index contributed by atoms with van der Waals surface area (Å²) in [5.74, 6) is 0. The number of nitrogens with two attached hydrogens (primary N) is 1. The highest BCUT2D eigenvalue weighted by molar-refractivity contribution is 9.10. The Kier molecular flexibility index (Phi) is 3.31. The first-order valence-electron chi connectivity index (χ1n) is 4.34. The normalized spacial score (nSPS) is 11.4. The Balaban J connectivity index is 2.35. The van der Waals surface area contributed by atoms with E-state index in [0.29, 0.717) is 15.2 Å². The van der Waals surface area contributed by atoms with Crippen molar-refractivity contribution in [2.24, 2.45) is 0 Å². The molecule has 0 saturated carbocycles. The van der Waals surface area contributed by atoms with Gasteiger partial charge in [-0.25, -0.2) is 8.42 Å².